The third kappa shape index (κ3) is 4.05. The Hall–Kier alpha value is -3.62. The van der Waals surface area contributed by atoms with Crippen LogP contribution in [0, 0.1) is 0 Å². The highest BCUT2D eigenvalue weighted by molar-refractivity contribution is 5.93. The van der Waals surface area contributed by atoms with Crippen molar-refractivity contribution in [1.29, 1.82) is 0 Å². The number of benzene rings is 1. The van der Waals surface area contributed by atoms with E-state index in [0.717, 1.165) is 17.8 Å². The number of likely N-dealkylation sites (tertiary alicyclic amines) is 1. The molecule has 156 valence electrons. The third-order valence-corrected chi connectivity index (χ3v) is 5.00. The van der Waals surface area contributed by atoms with Crippen LogP contribution < -0.4 is 14.4 Å². The molecule has 1 N–H and O–H groups in total. The number of ether oxygens (including phenoxy) is 2. The van der Waals surface area contributed by atoms with Gasteiger partial charge in [-0.2, -0.15) is 5.10 Å². The number of nitrogens with one attached hydrogen (secondary N) is 1. The first-order valence-electron chi connectivity index (χ1n) is 9.71. The summed E-state index contributed by atoms with van der Waals surface area (Å²) in [5, 5.41) is 15.4. The number of carbonyl (C=O) groups is 1. The van der Waals surface area contributed by atoms with Gasteiger partial charge in [0.15, 0.2) is 5.82 Å². The molecule has 1 aliphatic rings. The van der Waals surface area contributed by atoms with Crippen LogP contribution in [-0.2, 0) is 0 Å². The van der Waals surface area contributed by atoms with Crippen LogP contribution in [0.25, 0.3) is 11.3 Å². The summed E-state index contributed by atoms with van der Waals surface area (Å²) in [6.07, 6.45) is 0.612. The number of hydrogen-bond donors (Lipinski definition) is 1. The van der Waals surface area contributed by atoms with Crippen molar-refractivity contribution in [2.75, 3.05) is 39.2 Å². The minimum absolute atomic E-state index is 0.108. The zero-order valence-electron chi connectivity index (χ0n) is 17.2. The number of aromatic amines is 1. The molecule has 1 aromatic carbocycles. The SMILES string of the molecule is COc1ccccc1-c1cc(C(=O)N2CCC(Oc3ccc(N(C)C)nn3)C2)[nH]n1. The molecule has 1 saturated heterocycles. The van der Waals surface area contributed by atoms with Crippen LogP contribution in [0.2, 0.25) is 0 Å². The minimum atomic E-state index is -0.120. The van der Waals surface area contributed by atoms with Crippen LogP contribution in [0.4, 0.5) is 5.82 Å². The molecule has 1 atom stereocenters. The highest BCUT2D eigenvalue weighted by Gasteiger charge is 2.29. The topological polar surface area (TPSA) is 96.5 Å². The molecule has 9 heteroatoms. The van der Waals surface area contributed by atoms with Crippen molar-refractivity contribution in [3.63, 3.8) is 0 Å². The predicted molar refractivity (Wildman–Crippen MR) is 112 cm³/mol. The first-order chi connectivity index (χ1) is 14.5. The van der Waals surface area contributed by atoms with Crippen molar-refractivity contribution in [1.82, 2.24) is 25.3 Å². The summed E-state index contributed by atoms with van der Waals surface area (Å²) in [4.78, 5) is 16.5. The van der Waals surface area contributed by atoms with Gasteiger partial charge in [-0.15, -0.1) is 10.2 Å². The Morgan fingerprint density at radius 1 is 1.20 bits per heavy atom. The average Bonchev–Trinajstić information content (AvgIpc) is 3.43. The zero-order valence-corrected chi connectivity index (χ0v) is 17.2. The zero-order chi connectivity index (χ0) is 21.1. The van der Waals surface area contributed by atoms with Crippen LogP contribution >= 0.6 is 0 Å². The number of H-pyrrole nitrogens is 1. The summed E-state index contributed by atoms with van der Waals surface area (Å²) >= 11 is 0. The van der Waals surface area contributed by atoms with E-state index in [-0.39, 0.29) is 12.0 Å². The lowest BCUT2D eigenvalue weighted by Gasteiger charge is -2.16. The molecule has 0 spiro atoms. The molecule has 1 fully saturated rings. The van der Waals surface area contributed by atoms with Gasteiger partial charge in [-0.1, -0.05) is 12.1 Å². The fraction of sp³-hybridized carbons (Fsp3) is 0.333. The van der Waals surface area contributed by atoms with Crippen LogP contribution in [0.1, 0.15) is 16.9 Å². The Morgan fingerprint density at radius 2 is 2.03 bits per heavy atom. The molecule has 1 unspecified atom stereocenters. The lowest BCUT2D eigenvalue weighted by molar-refractivity contribution is 0.0765. The standard InChI is InChI=1S/C21H24N6O3/c1-26(2)19-8-9-20(25-24-19)30-14-10-11-27(13-14)21(28)17-12-16(22-23-17)15-6-4-5-7-18(15)29-3/h4-9,12,14H,10-11,13H2,1-3H3,(H,22,23). The van der Waals surface area contributed by atoms with E-state index in [0.29, 0.717) is 36.1 Å². The fourth-order valence-electron chi connectivity index (χ4n) is 3.39. The fourth-order valence-corrected chi connectivity index (χ4v) is 3.39. The van der Waals surface area contributed by atoms with Crippen LogP contribution in [0.5, 0.6) is 11.6 Å². The molecular formula is C21H24N6O3. The van der Waals surface area contributed by atoms with Crippen LogP contribution in [-0.4, -0.2) is 71.6 Å². The Balaban J connectivity index is 1.40. The number of nitrogens with zero attached hydrogens (tertiary/aromatic N) is 5. The molecule has 1 amide bonds. The summed E-state index contributed by atoms with van der Waals surface area (Å²) in [7, 11) is 5.42. The first-order valence-corrected chi connectivity index (χ1v) is 9.71. The quantitative estimate of drug-likeness (QED) is 0.668. The van der Waals surface area contributed by atoms with Gasteiger partial charge in [-0.25, -0.2) is 0 Å². The van der Waals surface area contributed by atoms with Gasteiger partial charge >= 0.3 is 0 Å². The summed E-state index contributed by atoms with van der Waals surface area (Å²) in [6.45, 7) is 1.09. The second-order valence-electron chi connectivity index (χ2n) is 7.27. The van der Waals surface area contributed by atoms with E-state index in [1.807, 2.05) is 49.3 Å². The maximum atomic E-state index is 12.9. The summed E-state index contributed by atoms with van der Waals surface area (Å²) in [6, 6.07) is 13.0. The van der Waals surface area contributed by atoms with Gasteiger partial charge in [-0.3, -0.25) is 9.89 Å². The summed E-state index contributed by atoms with van der Waals surface area (Å²) < 4.78 is 11.3. The number of methoxy groups -OCH3 is 1. The van der Waals surface area contributed by atoms with Gasteiger partial charge in [0.05, 0.1) is 19.3 Å². The van der Waals surface area contributed by atoms with Gasteiger partial charge in [0, 0.05) is 38.7 Å². The van der Waals surface area contributed by atoms with E-state index in [1.165, 1.54) is 0 Å². The second-order valence-corrected chi connectivity index (χ2v) is 7.27. The first kappa shape index (κ1) is 19.7. The average molecular weight is 408 g/mol. The number of carbonyl (C=O) groups excluding carboxylic acids is 1. The van der Waals surface area contributed by atoms with Gasteiger partial charge in [-0.05, 0) is 24.3 Å². The molecule has 0 saturated carbocycles. The Bertz CT molecular complexity index is 1020. The molecular weight excluding hydrogens is 384 g/mol. The Morgan fingerprint density at radius 3 is 2.77 bits per heavy atom. The Kier molecular flexibility index (Phi) is 5.51. The van der Waals surface area contributed by atoms with E-state index in [9.17, 15) is 4.79 Å². The molecule has 2 aromatic heterocycles. The molecule has 3 aromatic rings. The predicted octanol–water partition coefficient (Wildman–Crippen LogP) is 2.23. The second kappa shape index (κ2) is 8.40. The summed E-state index contributed by atoms with van der Waals surface area (Å²) in [5.41, 5.74) is 1.93. The van der Waals surface area contributed by atoms with Crippen molar-refractivity contribution in [2.45, 2.75) is 12.5 Å². The Labute approximate surface area is 174 Å². The maximum Gasteiger partial charge on any atom is 0.272 e. The molecule has 0 bridgehead atoms. The van der Waals surface area contributed by atoms with E-state index >= 15 is 0 Å². The molecule has 9 nitrogen and oxygen atoms in total. The molecule has 4 rings (SSSR count). The van der Waals surface area contributed by atoms with E-state index in [4.69, 9.17) is 9.47 Å². The highest BCUT2D eigenvalue weighted by Crippen LogP contribution is 2.29. The molecule has 3 heterocycles. The molecule has 1 aliphatic heterocycles. The van der Waals surface area contributed by atoms with Crippen LogP contribution in [0.15, 0.2) is 42.5 Å². The van der Waals surface area contributed by atoms with Crippen molar-refractivity contribution in [3.05, 3.63) is 48.2 Å². The monoisotopic (exact) mass is 408 g/mol. The van der Waals surface area contributed by atoms with E-state index in [2.05, 4.69) is 20.4 Å². The highest BCUT2D eigenvalue weighted by atomic mass is 16.5. The van der Waals surface area contributed by atoms with Gasteiger partial charge in [0.1, 0.15) is 17.5 Å². The molecule has 0 aliphatic carbocycles. The van der Waals surface area contributed by atoms with Crippen molar-refractivity contribution >= 4 is 11.7 Å². The van der Waals surface area contributed by atoms with Gasteiger partial charge < -0.3 is 19.3 Å². The van der Waals surface area contributed by atoms with Crippen LogP contribution in [0.3, 0.4) is 0 Å². The lowest BCUT2D eigenvalue weighted by Crippen LogP contribution is -2.31. The van der Waals surface area contributed by atoms with E-state index in [1.54, 1.807) is 24.1 Å². The van der Waals surface area contributed by atoms with Crippen molar-refractivity contribution in [2.24, 2.45) is 0 Å². The number of anilines is 1. The van der Waals surface area contributed by atoms with Crippen molar-refractivity contribution < 1.29 is 14.3 Å². The maximum absolute atomic E-state index is 12.9. The van der Waals surface area contributed by atoms with Gasteiger partial charge in [0.2, 0.25) is 5.88 Å². The normalized spacial score (nSPS) is 15.8. The summed E-state index contributed by atoms with van der Waals surface area (Å²) in [5.74, 6) is 1.82. The number of para-hydroxylation sites is 1. The number of aromatic nitrogens is 4. The molecule has 30 heavy (non-hydrogen) atoms. The number of rotatable bonds is 6. The number of hydrogen-bond acceptors (Lipinski definition) is 7. The third-order valence-electron chi connectivity index (χ3n) is 5.00. The minimum Gasteiger partial charge on any atom is -0.496 e. The number of amides is 1. The smallest absolute Gasteiger partial charge is 0.272 e. The molecule has 0 radical (unpaired) electrons. The van der Waals surface area contributed by atoms with Gasteiger partial charge in [0.25, 0.3) is 5.91 Å². The van der Waals surface area contributed by atoms with Crippen molar-refractivity contribution in [3.8, 4) is 22.9 Å². The van der Waals surface area contributed by atoms with E-state index < -0.39 is 0 Å². The largest absolute Gasteiger partial charge is 0.496 e. The lowest BCUT2D eigenvalue weighted by atomic mass is 10.1.